The molecule has 0 bridgehead atoms. The van der Waals surface area contributed by atoms with E-state index < -0.39 is 0 Å². The molecule has 0 saturated heterocycles. The number of hydrogen-bond donors (Lipinski definition) is 2. The van der Waals surface area contributed by atoms with Crippen molar-refractivity contribution in [2.45, 2.75) is 44.7 Å². The van der Waals surface area contributed by atoms with Crippen molar-refractivity contribution in [3.05, 3.63) is 48.3 Å². The van der Waals surface area contributed by atoms with Crippen LogP contribution in [0.1, 0.15) is 31.2 Å². The lowest BCUT2D eigenvalue weighted by Crippen LogP contribution is -2.33. The number of nitrogens with zero attached hydrogens (tertiary/aromatic N) is 3. The summed E-state index contributed by atoms with van der Waals surface area (Å²) in [5.74, 6) is 0.657. The second-order valence-corrected chi connectivity index (χ2v) is 6.90. The molecule has 0 aliphatic heterocycles. The lowest BCUT2D eigenvalue weighted by molar-refractivity contribution is 0.410. The van der Waals surface area contributed by atoms with Gasteiger partial charge in [-0.3, -0.25) is 0 Å². The molecule has 3 N–H and O–H groups in total. The Bertz CT molecular complexity index is 884. The largest absolute Gasteiger partial charge is 0.351 e. The summed E-state index contributed by atoms with van der Waals surface area (Å²) < 4.78 is 0. The minimum absolute atomic E-state index is 0.345. The Kier molecular flexibility index (Phi) is 4.32. The van der Waals surface area contributed by atoms with Crippen LogP contribution in [0.4, 0.5) is 5.95 Å². The van der Waals surface area contributed by atoms with E-state index in [1.54, 1.807) is 0 Å². The molecule has 2 heterocycles. The van der Waals surface area contributed by atoms with Gasteiger partial charge in [0.15, 0.2) is 5.65 Å². The van der Waals surface area contributed by atoms with Crippen LogP contribution >= 0.6 is 0 Å². The standard InChI is InChI=1S/C20H23N5/c1-13-4-2-3-5-18(13)14-10-15-12-23-20(25-19(15)22-11-14)24-17-8-6-16(21)7-9-17/h2-5,10-12,16-17H,6-9,21H2,1H3,(H,22,23,24,25). The van der Waals surface area contributed by atoms with Gasteiger partial charge < -0.3 is 11.1 Å². The van der Waals surface area contributed by atoms with E-state index in [1.165, 1.54) is 11.1 Å². The lowest BCUT2D eigenvalue weighted by atomic mass is 9.92. The first-order chi connectivity index (χ1) is 12.2. The predicted octanol–water partition coefficient (Wildman–Crippen LogP) is 3.68. The van der Waals surface area contributed by atoms with Gasteiger partial charge in [-0.05, 0) is 49.8 Å². The molecule has 2 aromatic heterocycles. The van der Waals surface area contributed by atoms with Gasteiger partial charge in [0, 0.05) is 35.4 Å². The number of aromatic nitrogens is 3. The number of nitrogens with one attached hydrogen (secondary N) is 1. The van der Waals surface area contributed by atoms with Gasteiger partial charge in [0.25, 0.3) is 0 Å². The maximum absolute atomic E-state index is 5.97. The van der Waals surface area contributed by atoms with Gasteiger partial charge in [0.05, 0.1) is 0 Å². The second kappa shape index (κ2) is 6.76. The van der Waals surface area contributed by atoms with Crippen molar-refractivity contribution >= 4 is 17.0 Å². The topological polar surface area (TPSA) is 76.7 Å². The summed E-state index contributed by atoms with van der Waals surface area (Å²) in [6, 6.07) is 11.2. The van der Waals surface area contributed by atoms with E-state index in [0.717, 1.165) is 42.3 Å². The lowest BCUT2D eigenvalue weighted by Gasteiger charge is -2.26. The van der Waals surface area contributed by atoms with Crippen molar-refractivity contribution in [2.75, 3.05) is 5.32 Å². The van der Waals surface area contributed by atoms with Gasteiger partial charge in [0.2, 0.25) is 5.95 Å². The molecule has 1 saturated carbocycles. The number of rotatable bonds is 3. The monoisotopic (exact) mass is 333 g/mol. The van der Waals surface area contributed by atoms with Crippen molar-refractivity contribution in [1.29, 1.82) is 0 Å². The van der Waals surface area contributed by atoms with E-state index in [9.17, 15) is 0 Å². The Morgan fingerprint density at radius 1 is 1.04 bits per heavy atom. The van der Waals surface area contributed by atoms with Gasteiger partial charge in [-0.2, -0.15) is 4.98 Å². The first-order valence-corrected chi connectivity index (χ1v) is 8.90. The SMILES string of the molecule is Cc1ccccc1-c1cnc2nc(NC3CCC(N)CC3)ncc2c1. The third-order valence-electron chi connectivity index (χ3n) is 4.99. The summed E-state index contributed by atoms with van der Waals surface area (Å²) >= 11 is 0. The first-order valence-electron chi connectivity index (χ1n) is 8.90. The van der Waals surface area contributed by atoms with Gasteiger partial charge >= 0.3 is 0 Å². The number of hydrogen-bond acceptors (Lipinski definition) is 5. The van der Waals surface area contributed by atoms with Gasteiger partial charge in [0.1, 0.15) is 0 Å². The van der Waals surface area contributed by atoms with E-state index in [-0.39, 0.29) is 0 Å². The van der Waals surface area contributed by atoms with E-state index in [2.05, 4.69) is 45.4 Å². The molecule has 3 aromatic rings. The van der Waals surface area contributed by atoms with Crippen LogP contribution in [0.3, 0.4) is 0 Å². The highest BCUT2D eigenvalue weighted by Crippen LogP contribution is 2.25. The summed E-state index contributed by atoms with van der Waals surface area (Å²) in [6.45, 7) is 2.11. The van der Waals surface area contributed by atoms with Crippen LogP contribution in [0.2, 0.25) is 0 Å². The fourth-order valence-corrected chi connectivity index (χ4v) is 3.48. The van der Waals surface area contributed by atoms with Crippen molar-refractivity contribution in [2.24, 2.45) is 5.73 Å². The molecular weight excluding hydrogens is 310 g/mol. The quantitative estimate of drug-likeness (QED) is 0.764. The molecule has 128 valence electrons. The molecule has 25 heavy (non-hydrogen) atoms. The molecule has 0 unspecified atom stereocenters. The maximum Gasteiger partial charge on any atom is 0.224 e. The molecule has 1 aliphatic rings. The Morgan fingerprint density at radius 3 is 2.64 bits per heavy atom. The number of benzene rings is 1. The van der Waals surface area contributed by atoms with Crippen LogP contribution in [-0.4, -0.2) is 27.0 Å². The van der Waals surface area contributed by atoms with Gasteiger partial charge in [-0.15, -0.1) is 0 Å². The van der Waals surface area contributed by atoms with Crippen LogP contribution in [0.15, 0.2) is 42.7 Å². The third-order valence-corrected chi connectivity index (χ3v) is 4.99. The minimum Gasteiger partial charge on any atom is -0.351 e. The Balaban J connectivity index is 1.58. The Morgan fingerprint density at radius 2 is 1.84 bits per heavy atom. The Hall–Kier alpha value is -2.53. The van der Waals surface area contributed by atoms with Crippen molar-refractivity contribution in [3.8, 4) is 11.1 Å². The number of aryl methyl sites for hydroxylation is 1. The zero-order valence-corrected chi connectivity index (χ0v) is 14.4. The number of fused-ring (bicyclic) bond motifs is 1. The molecule has 0 atom stereocenters. The first kappa shape index (κ1) is 16.0. The fraction of sp³-hybridized carbons (Fsp3) is 0.350. The van der Waals surface area contributed by atoms with Gasteiger partial charge in [-0.25, -0.2) is 9.97 Å². The highest BCUT2D eigenvalue weighted by molar-refractivity contribution is 5.81. The third kappa shape index (κ3) is 3.46. The van der Waals surface area contributed by atoms with Crippen LogP contribution in [0, 0.1) is 6.92 Å². The zero-order chi connectivity index (χ0) is 17.2. The van der Waals surface area contributed by atoms with Crippen LogP contribution in [0.5, 0.6) is 0 Å². The number of anilines is 1. The minimum atomic E-state index is 0.345. The molecular formula is C20H23N5. The number of nitrogens with two attached hydrogens (primary N) is 1. The van der Waals surface area contributed by atoms with E-state index >= 15 is 0 Å². The molecule has 1 aromatic carbocycles. The zero-order valence-electron chi connectivity index (χ0n) is 14.4. The second-order valence-electron chi connectivity index (χ2n) is 6.90. The molecule has 5 heteroatoms. The predicted molar refractivity (Wildman–Crippen MR) is 101 cm³/mol. The fourth-order valence-electron chi connectivity index (χ4n) is 3.48. The summed E-state index contributed by atoms with van der Waals surface area (Å²) in [4.78, 5) is 13.6. The maximum atomic E-state index is 5.97. The van der Waals surface area contributed by atoms with Crippen LogP contribution in [0.25, 0.3) is 22.2 Å². The normalized spacial score (nSPS) is 20.6. The van der Waals surface area contributed by atoms with E-state index in [0.29, 0.717) is 18.0 Å². The molecule has 5 nitrogen and oxygen atoms in total. The summed E-state index contributed by atoms with van der Waals surface area (Å²) in [5, 5.41) is 4.39. The molecule has 1 fully saturated rings. The highest BCUT2D eigenvalue weighted by atomic mass is 15.1. The molecule has 0 spiro atoms. The Labute approximate surface area is 147 Å². The average molecular weight is 333 g/mol. The summed E-state index contributed by atoms with van der Waals surface area (Å²) in [6.07, 6.45) is 8.01. The van der Waals surface area contributed by atoms with Crippen LogP contribution < -0.4 is 11.1 Å². The average Bonchev–Trinajstić information content (AvgIpc) is 2.64. The van der Waals surface area contributed by atoms with Gasteiger partial charge in [-0.1, -0.05) is 24.3 Å². The molecule has 0 radical (unpaired) electrons. The highest BCUT2D eigenvalue weighted by Gasteiger charge is 2.19. The molecule has 1 aliphatic carbocycles. The smallest absolute Gasteiger partial charge is 0.224 e. The van der Waals surface area contributed by atoms with E-state index in [4.69, 9.17) is 5.73 Å². The van der Waals surface area contributed by atoms with Crippen molar-refractivity contribution in [3.63, 3.8) is 0 Å². The molecule has 4 rings (SSSR count). The summed E-state index contributed by atoms with van der Waals surface area (Å²) in [5.41, 5.74) is 10.2. The number of pyridine rings is 1. The van der Waals surface area contributed by atoms with Crippen molar-refractivity contribution < 1.29 is 0 Å². The van der Waals surface area contributed by atoms with E-state index in [1.807, 2.05) is 24.5 Å². The van der Waals surface area contributed by atoms with Crippen molar-refractivity contribution in [1.82, 2.24) is 15.0 Å². The summed E-state index contributed by atoms with van der Waals surface area (Å²) in [7, 11) is 0. The van der Waals surface area contributed by atoms with Crippen LogP contribution in [-0.2, 0) is 0 Å². The molecule has 0 amide bonds.